The van der Waals surface area contributed by atoms with Crippen LogP contribution in [0.15, 0.2) is 0 Å². The smallest absolute Gasteiger partial charge is 0.223 e. The second-order valence-electron chi connectivity index (χ2n) is 4.96. The summed E-state index contributed by atoms with van der Waals surface area (Å²) < 4.78 is 12.8. The summed E-state index contributed by atoms with van der Waals surface area (Å²) in [4.78, 5) is 13.2. The lowest BCUT2D eigenvalue weighted by Gasteiger charge is -2.22. The summed E-state index contributed by atoms with van der Waals surface area (Å²) in [5.41, 5.74) is 0.00544. The molecule has 0 bridgehead atoms. The molecule has 0 aromatic carbocycles. The Bertz CT molecular complexity index is 198. The summed E-state index contributed by atoms with van der Waals surface area (Å²) in [5.74, 6) is 0.0904. The van der Waals surface area contributed by atoms with Gasteiger partial charge in [-0.05, 0) is 11.8 Å². The zero-order valence-electron chi connectivity index (χ0n) is 8.64. The van der Waals surface area contributed by atoms with Gasteiger partial charge in [0.2, 0.25) is 5.91 Å². The largest absolute Gasteiger partial charge is 0.340 e. The number of halogens is 1. The van der Waals surface area contributed by atoms with E-state index in [-0.39, 0.29) is 11.3 Å². The summed E-state index contributed by atoms with van der Waals surface area (Å²) in [7, 11) is 0. The molecule has 1 amide bonds. The zero-order chi connectivity index (χ0) is 10.1. The topological polar surface area (TPSA) is 20.3 Å². The molecule has 0 aromatic rings. The van der Waals surface area contributed by atoms with Crippen molar-refractivity contribution < 1.29 is 9.18 Å². The van der Waals surface area contributed by atoms with Crippen molar-refractivity contribution in [1.82, 2.24) is 4.90 Å². The lowest BCUT2D eigenvalue weighted by molar-refractivity contribution is -0.132. The highest BCUT2D eigenvalue weighted by Crippen LogP contribution is 2.22. The Morgan fingerprint density at radius 2 is 2.15 bits per heavy atom. The Kier molecular flexibility index (Phi) is 2.94. The molecule has 1 atom stereocenters. The number of nitrogens with zero attached hydrogens (tertiary/aromatic N) is 1. The van der Waals surface area contributed by atoms with Crippen LogP contribution in [-0.2, 0) is 4.79 Å². The van der Waals surface area contributed by atoms with E-state index in [1.54, 1.807) is 4.90 Å². The van der Waals surface area contributed by atoms with Crippen LogP contribution in [-0.4, -0.2) is 30.1 Å². The lowest BCUT2D eigenvalue weighted by Crippen LogP contribution is -2.31. The van der Waals surface area contributed by atoms with Crippen molar-refractivity contribution in [1.29, 1.82) is 0 Å². The molecule has 0 N–H and O–H groups in total. The number of rotatable bonds is 1. The monoisotopic (exact) mass is 187 g/mol. The molecule has 1 unspecified atom stereocenters. The van der Waals surface area contributed by atoms with Crippen molar-refractivity contribution in [3.05, 3.63) is 0 Å². The van der Waals surface area contributed by atoms with Crippen LogP contribution < -0.4 is 0 Å². The first-order chi connectivity index (χ1) is 5.88. The van der Waals surface area contributed by atoms with Gasteiger partial charge in [0.1, 0.15) is 6.17 Å². The van der Waals surface area contributed by atoms with E-state index in [9.17, 15) is 9.18 Å². The first kappa shape index (κ1) is 10.5. The van der Waals surface area contributed by atoms with E-state index in [0.717, 1.165) is 0 Å². The van der Waals surface area contributed by atoms with Crippen LogP contribution in [0.2, 0.25) is 0 Å². The Labute approximate surface area is 79.1 Å². The van der Waals surface area contributed by atoms with Crippen LogP contribution >= 0.6 is 0 Å². The third-order valence-corrected chi connectivity index (χ3v) is 2.17. The molecular weight excluding hydrogens is 169 g/mol. The van der Waals surface area contributed by atoms with E-state index >= 15 is 0 Å². The van der Waals surface area contributed by atoms with Crippen molar-refractivity contribution in [2.75, 3.05) is 13.1 Å². The molecule has 1 fully saturated rings. The second-order valence-corrected chi connectivity index (χ2v) is 4.96. The molecule has 0 aromatic heterocycles. The highest BCUT2D eigenvalue weighted by atomic mass is 19.1. The van der Waals surface area contributed by atoms with Crippen LogP contribution in [0, 0.1) is 5.41 Å². The number of likely N-dealkylation sites (tertiary alicyclic amines) is 1. The number of hydrogen-bond donors (Lipinski definition) is 0. The molecule has 0 aliphatic carbocycles. The van der Waals surface area contributed by atoms with Gasteiger partial charge in [-0.1, -0.05) is 20.8 Å². The fourth-order valence-electron chi connectivity index (χ4n) is 1.51. The number of amides is 1. The van der Waals surface area contributed by atoms with Crippen molar-refractivity contribution in [2.45, 2.75) is 39.8 Å². The van der Waals surface area contributed by atoms with Crippen LogP contribution in [0.1, 0.15) is 33.6 Å². The molecule has 0 saturated carbocycles. The molecular formula is C10H18FNO. The molecule has 1 rings (SSSR count). The van der Waals surface area contributed by atoms with Gasteiger partial charge in [0, 0.05) is 13.0 Å². The van der Waals surface area contributed by atoms with Crippen LogP contribution in [0.4, 0.5) is 4.39 Å². The summed E-state index contributed by atoms with van der Waals surface area (Å²) in [6.45, 7) is 6.96. The molecule has 3 heteroatoms. The molecule has 0 radical (unpaired) electrons. The predicted octanol–water partition coefficient (Wildman–Crippen LogP) is 1.99. The van der Waals surface area contributed by atoms with E-state index in [2.05, 4.69) is 0 Å². The van der Waals surface area contributed by atoms with Crippen molar-refractivity contribution >= 4 is 5.91 Å². The average Bonchev–Trinajstić information content (AvgIpc) is 2.31. The summed E-state index contributed by atoms with van der Waals surface area (Å²) in [6.07, 6.45) is 0.221. The molecule has 1 heterocycles. The van der Waals surface area contributed by atoms with E-state index in [1.807, 2.05) is 20.8 Å². The van der Waals surface area contributed by atoms with Crippen LogP contribution in [0.5, 0.6) is 0 Å². The lowest BCUT2D eigenvalue weighted by atomic mass is 9.92. The molecule has 13 heavy (non-hydrogen) atoms. The van der Waals surface area contributed by atoms with Gasteiger partial charge in [-0.3, -0.25) is 4.79 Å². The minimum atomic E-state index is -0.802. The van der Waals surface area contributed by atoms with Gasteiger partial charge < -0.3 is 4.90 Å². The minimum Gasteiger partial charge on any atom is -0.340 e. The maximum absolute atomic E-state index is 12.8. The molecule has 1 saturated heterocycles. The van der Waals surface area contributed by atoms with E-state index in [0.29, 0.717) is 25.9 Å². The Balaban J connectivity index is 2.41. The molecule has 76 valence electrons. The summed E-state index contributed by atoms with van der Waals surface area (Å²) >= 11 is 0. The quantitative estimate of drug-likeness (QED) is 0.614. The van der Waals surface area contributed by atoms with Gasteiger partial charge in [0.05, 0.1) is 6.54 Å². The third kappa shape index (κ3) is 3.33. The summed E-state index contributed by atoms with van der Waals surface area (Å²) in [5, 5.41) is 0. The first-order valence-corrected chi connectivity index (χ1v) is 4.80. The van der Waals surface area contributed by atoms with Crippen molar-refractivity contribution in [3.8, 4) is 0 Å². The summed E-state index contributed by atoms with van der Waals surface area (Å²) in [6, 6.07) is 0. The molecule has 2 nitrogen and oxygen atoms in total. The predicted molar refractivity (Wildman–Crippen MR) is 50.2 cm³/mol. The highest BCUT2D eigenvalue weighted by Gasteiger charge is 2.28. The SMILES string of the molecule is CC(C)(C)CC(=O)N1CCC(F)C1. The van der Waals surface area contributed by atoms with Gasteiger partial charge in [-0.15, -0.1) is 0 Å². The Hall–Kier alpha value is -0.600. The molecule has 0 spiro atoms. The first-order valence-electron chi connectivity index (χ1n) is 4.80. The number of carbonyl (C=O) groups excluding carboxylic acids is 1. The fourth-order valence-corrected chi connectivity index (χ4v) is 1.51. The van der Waals surface area contributed by atoms with E-state index < -0.39 is 6.17 Å². The number of alkyl halides is 1. The molecule has 1 aliphatic rings. The van der Waals surface area contributed by atoms with Crippen molar-refractivity contribution in [2.24, 2.45) is 5.41 Å². The van der Waals surface area contributed by atoms with Gasteiger partial charge in [-0.2, -0.15) is 0 Å². The van der Waals surface area contributed by atoms with Crippen LogP contribution in [0.25, 0.3) is 0 Å². The number of carbonyl (C=O) groups is 1. The van der Waals surface area contributed by atoms with E-state index in [4.69, 9.17) is 0 Å². The van der Waals surface area contributed by atoms with Gasteiger partial charge >= 0.3 is 0 Å². The van der Waals surface area contributed by atoms with Gasteiger partial charge in [-0.25, -0.2) is 4.39 Å². The second kappa shape index (κ2) is 3.64. The molecule has 1 aliphatic heterocycles. The Morgan fingerprint density at radius 1 is 1.54 bits per heavy atom. The minimum absolute atomic E-state index is 0.00544. The Morgan fingerprint density at radius 3 is 2.54 bits per heavy atom. The number of hydrogen-bond acceptors (Lipinski definition) is 1. The third-order valence-electron chi connectivity index (χ3n) is 2.17. The highest BCUT2D eigenvalue weighted by molar-refractivity contribution is 5.77. The van der Waals surface area contributed by atoms with Crippen LogP contribution in [0.3, 0.4) is 0 Å². The standard InChI is InChI=1S/C10H18FNO/c1-10(2,3)6-9(13)12-5-4-8(11)7-12/h8H,4-7H2,1-3H3. The van der Waals surface area contributed by atoms with E-state index in [1.165, 1.54) is 0 Å². The van der Waals surface area contributed by atoms with Gasteiger partial charge in [0.15, 0.2) is 0 Å². The normalized spacial score (nSPS) is 23.7. The average molecular weight is 187 g/mol. The van der Waals surface area contributed by atoms with Crippen molar-refractivity contribution in [3.63, 3.8) is 0 Å². The fraction of sp³-hybridized carbons (Fsp3) is 0.900. The maximum Gasteiger partial charge on any atom is 0.223 e. The van der Waals surface area contributed by atoms with Gasteiger partial charge in [0.25, 0.3) is 0 Å². The zero-order valence-corrected chi connectivity index (χ0v) is 8.64. The maximum atomic E-state index is 12.8.